The largest absolute Gasteiger partial charge is 0.484 e. The van der Waals surface area contributed by atoms with Gasteiger partial charge in [0.15, 0.2) is 0 Å². The number of nitrogens with zero attached hydrogens (tertiary/aromatic N) is 4. The second kappa shape index (κ2) is 5.54. The maximum absolute atomic E-state index is 12.1. The molecular formula is C15H15N5O2S. The Bertz CT molecular complexity index is 852. The summed E-state index contributed by atoms with van der Waals surface area (Å²) in [6, 6.07) is 5.76. The molecule has 1 aliphatic heterocycles. The Morgan fingerprint density at radius 2 is 2.30 bits per heavy atom. The van der Waals surface area contributed by atoms with Crippen LogP contribution in [0.15, 0.2) is 36.1 Å². The molecule has 1 aromatic carbocycles. The predicted molar refractivity (Wildman–Crippen MR) is 87.8 cm³/mol. The summed E-state index contributed by atoms with van der Waals surface area (Å²) in [5.41, 5.74) is 3.39. The van der Waals surface area contributed by atoms with Crippen molar-refractivity contribution >= 4 is 33.3 Å². The summed E-state index contributed by atoms with van der Waals surface area (Å²) in [5, 5.41) is 6.83. The summed E-state index contributed by atoms with van der Waals surface area (Å²) < 4.78 is 8.71. The molecule has 8 heteroatoms. The Kier molecular flexibility index (Phi) is 3.38. The zero-order valence-corrected chi connectivity index (χ0v) is 13.3. The zero-order chi connectivity index (χ0) is 15.8. The molecule has 0 saturated carbocycles. The van der Waals surface area contributed by atoms with Gasteiger partial charge in [-0.2, -0.15) is 5.10 Å². The van der Waals surface area contributed by atoms with Crippen LogP contribution in [0.1, 0.15) is 0 Å². The number of aromatic nitrogens is 3. The molecule has 3 aromatic rings. The number of nitrogens with one attached hydrogen (secondary N) is 1. The van der Waals surface area contributed by atoms with Crippen LogP contribution in [-0.2, 0) is 7.05 Å². The molecule has 23 heavy (non-hydrogen) atoms. The molecule has 118 valence electrons. The third kappa shape index (κ3) is 2.72. The fourth-order valence-corrected chi connectivity index (χ4v) is 3.20. The van der Waals surface area contributed by atoms with Gasteiger partial charge >= 0.3 is 6.03 Å². The number of hydrogen-bond acceptors (Lipinski definition) is 5. The molecule has 1 aliphatic rings. The number of aryl methyl sites for hydroxylation is 1. The minimum absolute atomic E-state index is 0.00180. The van der Waals surface area contributed by atoms with Gasteiger partial charge < -0.3 is 15.0 Å². The van der Waals surface area contributed by atoms with Gasteiger partial charge in [-0.3, -0.25) is 4.68 Å². The Hall–Kier alpha value is -2.61. The molecule has 2 amide bonds. The summed E-state index contributed by atoms with van der Waals surface area (Å²) >= 11 is 1.59. The van der Waals surface area contributed by atoms with E-state index in [1.54, 1.807) is 33.3 Å². The number of amides is 2. The topological polar surface area (TPSA) is 72.3 Å². The van der Waals surface area contributed by atoms with Gasteiger partial charge in [-0.1, -0.05) is 6.07 Å². The third-order valence-electron chi connectivity index (χ3n) is 3.71. The number of carbonyl (C=O) groups excluding carboxylic acids is 1. The van der Waals surface area contributed by atoms with Crippen LogP contribution in [-0.4, -0.2) is 44.9 Å². The number of likely N-dealkylation sites (tertiary alicyclic amines) is 1. The van der Waals surface area contributed by atoms with E-state index >= 15 is 0 Å². The van der Waals surface area contributed by atoms with E-state index in [-0.39, 0.29) is 12.1 Å². The van der Waals surface area contributed by atoms with Crippen LogP contribution in [0.5, 0.6) is 5.75 Å². The molecular weight excluding hydrogens is 314 g/mol. The molecule has 1 fully saturated rings. The van der Waals surface area contributed by atoms with E-state index in [9.17, 15) is 4.79 Å². The maximum Gasteiger partial charge on any atom is 0.322 e. The molecule has 0 spiro atoms. The van der Waals surface area contributed by atoms with Gasteiger partial charge in [-0.25, -0.2) is 9.78 Å². The molecule has 0 bridgehead atoms. The Balaban J connectivity index is 1.34. The highest BCUT2D eigenvalue weighted by molar-refractivity contribution is 7.16. The lowest BCUT2D eigenvalue weighted by atomic mass is 10.2. The highest BCUT2D eigenvalue weighted by Gasteiger charge is 2.32. The van der Waals surface area contributed by atoms with Crippen LogP contribution in [0, 0.1) is 0 Å². The summed E-state index contributed by atoms with van der Waals surface area (Å²) in [6.07, 6.45) is 3.38. The number of para-hydroxylation sites is 1. The zero-order valence-electron chi connectivity index (χ0n) is 12.5. The Morgan fingerprint density at radius 1 is 1.43 bits per heavy atom. The molecule has 1 saturated heterocycles. The van der Waals surface area contributed by atoms with Crippen molar-refractivity contribution in [2.45, 2.75) is 6.10 Å². The van der Waals surface area contributed by atoms with Gasteiger partial charge in [0, 0.05) is 13.2 Å². The van der Waals surface area contributed by atoms with E-state index in [2.05, 4.69) is 15.4 Å². The van der Waals surface area contributed by atoms with Crippen molar-refractivity contribution in [1.82, 2.24) is 19.7 Å². The molecule has 2 aromatic heterocycles. The first-order chi connectivity index (χ1) is 11.2. The molecule has 0 atom stereocenters. The standard InChI is InChI=1S/C15H15N5O2S/c1-19-6-10(5-17-19)18-15(21)20-7-11(8-20)22-12-3-2-4-13-14(12)16-9-23-13/h2-6,9,11H,7-8H2,1H3,(H,18,21). The molecule has 0 aliphatic carbocycles. The average molecular weight is 329 g/mol. The smallest absolute Gasteiger partial charge is 0.322 e. The van der Waals surface area contributed by atoms with Gasteiger partial charge in [0.05, 0.1) is 35.2 Å². The van der Waals surface area contributed by atoms with Crippen LogP contribution >= 0.6 is 11.3 Å². The second-order valence-electron chi connectivity index (χ2n) is 5.43. The van der Waals surface area contributed by atoms with Crippen LogP contribution in [0.25, 0.3) is 10.2 Å². The molecule has 3 heterocycles. The summed E-state index contributed by atoms with van der Waals surface area (Å²) in [5.74, 6) is 0.779. The number of benzene rings is 1. The van der Waals surface area contributed by atoms with E-state index in [1.807, 2.05) is 30.8 Å². The SMILES string of the molecule is Cn1cc(NC(=O)N2CC(Oc3cccc4scnc34)C2)cn1. The van der Waals surface area contributed by atoms with Gasteiger partial charge in [0.1, 0.15) is 17.4 Å². The van der Waals surface area contributed by atoms with Crippen molar-refractivity contribution < 1.29 is 9.53 Å². The first-order valence-corrected chi connectivity index (χ1v) is 8.10. The lowest BCUT2D eigenvalue weighted by Crippen LogP contribution is -2.57. The summed E-state index contributed by atoms with van der Waals surface area (Å²) in [6.45, 7) is 1.12. The molecule has 0 radical (unpaired) electrons. The van der Waals surface area contributed by atoms with Gasteiger partial charge in [-0.15, -0.1) is 11.3 Å². The maximum atomic E-state index is 12.1. The predicted octanol–water partition coefficient (Wildman–Crippen LogP) is 2.32. The second-order valence-corrected chi connectivity index (χ2v) is 6.32. The highest BCUT2D eigenvalue weighted by atomic mass is 32.1. The monoisotopic (exact) mass is 329 g/mol. The van der Waals surface area contributed by atoms with Crippen LogP contribution < -0.4 is 10.1 Å². The lowest BCUT2D eigenvalue weighted by molar-refractivity contribution is 0.0502. The molecule has 4 rings (SSSR count). The van der Waals surface area contributed by atoms with Gasteiger partial charge in [-0.05, 0) is 12.1 Å². The van der Waals surface area contributed by atoms with E-state index in [4.69, 9.17) is 4.74 Å². The van der Waals surface area contributed by atoms with Crippen LogP contribution in [0.4, 0.5) is 10.5 Å². The lowest BCUT2D eigenvalue weighted by Gasteiger charge is -2.38. The quantitative estimate of drug-likeness (QED) is 0.800. The Morgan fingerprint density at radius 3 is 3.09 bits per heavy atom. The minimum Gasteiger partial charge on any atom is -0.484 e. The molecule has 1 N–H and O–H groups in total. The van der Waals surface area contributed by atoms with Crippen molar-refractivity contribution in [3.05, 3.63) is 36.1 Å². The van der Waals surface area contributed by atoms with Crippen molar-refractivity contribution in [2.24, 2.45) is 7.05 Å². The first kappa shape index (κ1) is 14.0. The van der Waals surface area contributed by atoms with E-state index < -0.39 is 0 Å². The Labute approximate surface area is 136 Å². The molecule has 7 nitrogen and oxygen atoms in total. The summed E-state index contributed by atoms with van der Waals surface area (Å²) in [4.78, 5) is 18.1. The number of thiazole rings is 1. The number of ether oxygens (including phenoxy) is 1. The van der Waals surface area contributed by atoms with Crippen molar-refractivity contribution in [3.8, 4) is 5.75 Å². The van der Waals surface area contributed by atoms with Crippen molar-refractivity contribution in [1.29, 1.82) is 0 Å². The average Bonchev–Trinajstić information content (AvgIpc) is 3.11. The third-order valence-corrected chi connectivity index (χ3v) is 4.50. The first-order valence-electron chi connectivity index (χ1n) is 7.22. The van der Waals surface area contributed by atoms with E-state index in [1.165, 1.54) is 0 Å². The number of fused-ring (bicyclic) bond motifs is 1. The van der Waals surface area contributed by atoms with Crippen molar-refractivity contribution in [3.63, 3.8) is 0 Å². The van der Waals surface area contributed by atoms with Gasteiger partial charge in [0.2, 0.25) is 0 Å². The van der Waals surface area contributed by atoms with Crippen LogP contribution in [0.3, 0.4) is 0 Å². The summed E-state index contributed by atoms with van der Waals surface area (Å²) in [7, 11) is 1.81. The van der Waals surface area contributed by atoms with Crippen molar-refractivity contribution in [2.75, 3.05) is 18.4 Å². The van der Waals surface area contributed by atoms with Gasteiger partial charge in [0.25, 0.3) is 0 Å². The number of urea groups is 1. The van der Waals surface area contributed by atoms with Crippen LogP contribution in [0.2, 0.25) is 0 Å². The highest BCUT2D eigenvalue weighted by Crippen LogP contribution is 2.29. The van der Waals surface area contributed by atoms with E-state index in [0.717, 1.165) is 16.0 Å². The number of rotatable bonds is 3. The fourth-order valence-electron chi connectivity index (χ4n) is 2.50. The minimum atomic E-state index is -0.135. The number of anilines is 1. The van der Waals surface area contributed by atoms with E-state index in [0.29, 0.717) is 18.8 Å². The fraction of sp³-hybridized carbons (Fsp3) is 0.267. The normalized spacial score (nSPS) is 14.7. The number of hydrogen-bond donors (Lipinski definition) is 1. The number of carbonyl (C=O) groups is 1. The molecule has 0 unspecified atom stereocenters.